The van der Waals surface area contributed by atoms with Crippen molar-refractivity contribution in [3.63, 3.8) is 0 Å². The summed E-state index contributed by atoms with van der Waals surface area (Å²) in [5.74, 6) is 1.51. The van der Waals surface area contributed by atoms with E-state index in [-0.39, 0.29) is 11.2 Å². The summed E-state index contributed by atoms with van der Waals surface area (Å²) < 4.78 is 2.12. The molecule has 0 radical (unpaired) electrons. The normalized spacial score (nSPS) is 21.0. The zero-order chi connectivity index (χ0) is 17.2. The van der Waals surface area contributed by atoms with E-state index in [1.165, 1.54) is 24.6 Å². The molecule has 1 N–H and O–H groups in total. The van der Waals surface area contributed by atoms with E-state index in [1.807, 2.05) is 6.92 Å². The maximum atomic E-state index is 12.6. The Balaban J connectivity index is 1.65. The number of nitrogens with zero attached hydrogens (tertiary/aromatic N) is 4. The summed E-state index contributed by atoms with van der Waals surface area (Å²) in [4.78, 5) is 12.6. The lowest BCUT2D eigenvalue weighted by atomic mass is 9.83. The maximum Gasteiger partial charge on any atom is 0.234 e. The summed E-state index contributed by atoms with van der Waals surface area (Å²) >= 11 is 1.43. The van der Waals surface area contributed by atoms with Gasteiger partial charge < -0.3 is 9.88 Å². The number of hydrogen-bond acceptors (Lipinski definition) is 5. The Morgan fingerprint density at radius 1 is 1.42 bits per heavy atom. The second-order valence-electron chi connectivity index (χ2n) is 6.86. The number of rotatable bonds is 6. The molecule has 7 heteroatoms. The summed E-state index contributed by atoms with van der Waals surface area (Å²) in [5.41, 5.74) is -0.679. The van der Waals surface area contributed by atoms with Crippen molar-refractivity contribution in [1.82, 2.24) is 20.1 Å². The van der Waals surface area contributed by atoms with Crippen molar-refractivity contribution in [3.05, 3.63) is 5.82 Å². The van der Waals surface area contributed by atoms with E-state index in [4.69, 9.17) is 0 Å². The lowest BCUT2D eigenvalue weighted by Crippen LogP contribution is -2.51. The number of carbonyl (C=O) groups is 1. The number of aromatic nitrogens is 3. The van der Waals surface area contributed by atoms with Gasteiger partial charge >= 0.3 is 0 Å². The number of thioether (sulfide) groups is 1. The third-order valence-electron chi connectivity index (χ3n) is 4.94. The molecule has 130 valence electrons. The van der Waals surface area contributed by atoms with Crippen molar-refractivity contribution in [2.24, 2.45) is 0 Å². The minimum absolute atomic E-state index is 0.0814. The molecule has 6 nitrogen and oxygen atoms in total. The highest BCUT2D eigenvalue weighted by atomic mass is 32.2. The highest BCUT2D eigenvalue weighted by Crippen LogP contribution is 2.40. The van der Waals surface area contributed by atoms with Gasteiger partial charge in [-0.1, -0.05) is 31.0 Å². The van der Waals surface area contributed by atoms with Crippen molar-refractivity contribution < 1.29 is 4.79 Å². The van der Waals surface area contributed by atoms with Crippen LogP contribution in [0.15, 0.2) is 5.16 Å². The van der Waals surface area contributed by atoms with Gasteiger partial charge in [-0.3, -0.25) is 4.79 Å². The Bertz CT molecular complexity index is 640. The largest absolute Gasteiger partial charge is 0.337 e. The molecule has 0 unspecified atom stereocenters. The molecule has 2 aliphatic carbocycles. The summed E-state index contributed by atoms with van der Waals surface area (Å²) in [6.45, 7) is 4.77. The van der Waals surface area contributed by atoms with Gasteiger partial charge in [-0.05, 0) is 39.5 Å². The molecular formula is C17H25N5OS. The standard InChI is InChI=1S/C17H25N5OS/c1-3-22-14(13-7-8-13)20-21-16(22)24-12(2)15(23)19-17(11-18)9-5-4-6-10-17/h12-13H,3-10H2,1-2H3,(H,19,23)/t12-/m1/s1. The van der Waals surface area contributed by atoms with Gasteiger partial charge in [-0.25, -0.2) is 0 Å². The van der Waals surface area contributed by atoms with Gasteiger partial charge in [0, 0.05) is 12.5 Å². The van der Waals surface area contributed by atoms with Gasteiger partial charge in [0.15, 0.2) is 5.16 Å². The fraction of sp³-hybridized carbons (Fsp3) is 0.765. The molecule has 0 bridgehead atoms. The van der Waals surface area contributed by atoms with Crippen molar-refractivity contribution in [2.45, 2.75) is 87.2 Å². The van der Waals surface area contributed by atoms with Gasteiger partial charge in [0.1, 0.15) is 11.4 Å². The first-order chi connectivity index (χ1) is 11.6. The summed E-state index contributed by atoms with van der Waals surface area (Å²) in [6.07, 6.45) is 7.03. The van der Waals surface area contributed by atoms with Crippen molar-refractivity contribution in [3.8, 4) is 6.07 Å². The quantitative estimate of drug-likeness (QED) is 0.800. The second-order valence-corrected chi connectivity index (χ2v) is 8.17. The smallest absolute Gasteiger partial charge is 0.234 e. The maximum absolute atomic E-state index is 12.6. The average molecular weight is 347 g/mol. The predicted molar refractivity (Wildman–Crippen MR) is 92.6 cm³/mol. The van der Waals surface area contributed by atoms with E-state index in [2.05, 4.69) is 33.1 Å². The van der Waals surface area contributed by atoms with E-state index in [0.29, 0.717) is 5.92 Å². The van der Waals surface area contributed by atoms with Crippen LogP contribution in [0.5, 0.6) is 0 Å². The summed E-state index contributed by atoms with van der Waals surface area (Å²) in [7, 11) is 0. The third-order valence-corrected chi connectivity index (χ3v) is 6.02. The number of hydrogen-bond donors (Lipinski definition) is 1. The average Bonchev–Trinajstić information content (AvgIpc) is 3.36. The third kappa shape index (κ3) is 3.59. The molecule has 0 saturated heterocycles. The molecule has 2 fully saturated rings. The number of amides is 1. The highest BCUT2D eigenvalue weighted by Gasteiger charge is 2.35. The molecule has 2 saturated carbocycles. The van der Waals surface area contributed by atoms with Crippen LogP contribution in [-0.2, 0) is 11.3 Å². The lowest BCUT2D eigenvalue weighted by Gasteiger charge is -2.32. The molecule has 1 aromatic rings. The van der Waals surface area contributed by atoms with Crippen LogP contribution < -0.4 is 5.32 Å². The molecular weight excluding hydrogens is 322 g/mol. The first-order valence-electron chi connectivity index (χ1n) is 8.91. The minimum Gasteiger partial charge on any atom is -0.337 e. The van der Waals surface area contributed by atoms with Crippen LogP contribution in [0.2, 0.25) is 0 Å². The molecule has 0 spiro atoms. The van der Waals surface area contributed by atoms with Crippen LogP contribution in [0.3, 0.4) is 0 Å². The first-order valence-corrected chi connectivity index (χ1v) is 9.79. The monoisotopic (exact) mass is 347 g/mol. The van der Waals surface area contributed by atoms with E-state index < -0.39 is 5.54 Å². The number of nitrogens with one attached hydrogen (secondary N) is 1. The van der Waals surface area contributed by atoms with E-state index in [9.17, 15) is 10.1 Å². The van der Waals surface area contributed by atoms with Crippen LogP contribution in [0.1, 0.15) is 70.5 Å². The Kier molecular flexibility index (Phi) is 5.14. The fourth-order valence-corrected chi connectivity index (χ4v) is 4.22. The molecule has 0 aromatic carbocycles. The van der Waals surface area contributed by atoms with E-state index >= 15 is 0 Å². The van der Waals surface area contributed by atoms with E-state index in [1.54, 1.807) is 0 Å². The zero-order valence-electron chi connectivity index (χ0n) is 14.4. The number of carbonyl (C=O) groups excluding carboxylic acids is 1. The second kappa shape index (κ2) is 7.14. The van der Waals surface area contributed by atoms with Crippen LogP contribution in [0, 0.1) is 11.3 Å². The van der Waals surface area contributed by atoms with E-state index in [0.717, 1.165) is 49.6 Å². The molecule has 1 amide bonds. The molecule has 24 heavy (non-hydrogen) atoms. The Morgan fingerprint density at radius 2 is 2.12 bits per heavy atom. The molecule has 3 rings (SSSR count). The van der Waals surface area contributed by atoms with Crippen LogP contribution in [0.4, 0.5) is 0 Å². The SMILES string of the molecule is CCn1c(S[C@H](C)C(=O)NC2(C#N)CCCCC2)nnc1C1CC1. The zero-order valence-corrected chi connectivity index (χ0v) is 15.2. The van der Waals surface area contributed by atoms with Gasteiger partial charge in [0.05, 0.1) is 11.3 Å². The Morgan fingerprint density at radius 3 is 2.71 bits per heavy atom. The Labute approximate surface area is 147 Å². The molecule has 1 atom stereocenters. The van der Waals surface area contributed by atoms with Crippen molar-refractivity contribution >= 4 is 17.7 Å². The topological polar surface area (TPSA) is 83.6 Å². The van der Waals surface area contributed by atoms with Crippen LogP contribution in [-0.4, -0.2) is 31.5 Å². The van der Waals surface area contributed by atoms with Crippen LogP contribution in [0.25, 0.3) is 0 Å². The van der Waals surface area contributed by atoms with Gasteiger partial charge in [0.2, 0.25) is 5.91 Å². The minimum atomic E-state index is -0.679. The van der Waals surface area contributed by atoms with Crippen molar-refractivity contribution in [1.29, 1.82) is 5.26 Å². The number of nitriles is 1. The van der Waals surface area contributed by atoms with Gasteiger partial charge in [-0.15, -0.1) is 10.2 Å². The van der Waals surface area contributed by atoms with Gasteiger partial charge in [0.25, 0.3) is 0 Å². The van der Waals surface area contributed by atoms with Crippen LogP contribution >= 0.6 is 11.8 Å². The predicted octanol–water partition coefficient (Wildman–Crippen LogP) is 3.00. The fourth-order valence-electron chi connectivity index (χ4n) is 3.30. The first kappa shape index (κ1) is 17.3. The molecule has 1 aromatic heterocycles. The lowest BCUT2D eigenvalue weighted by molar-refractivity contribution is -0.121. The molecule has 0 aliphatic heterocycles. The van der Waals surface area contributed by atoms with Crippen molar-refractivity contribution in [2.75, 3.05) is 0 Å². The summed E-state index contributed by atoms with van der Waals surface area (Å²) in [6, 6.07) is 2.34. The molecule has 2 aliphatic rings. The summed E-state index contributed by atoms with van der Waals surface area (Å²) in [5, 5.41) is 21.6. The molecule has 1 heterocycles. The van der Waals surface area contributed by atoms with Gasteiger partial charge in [-0.2, -0.15) is 5.26 Å². The Hall–Kier alpha value is -1.55. The highest BCUT2D eigenvalue weighted by molar-refractivity contribution is 8.00.